The van der Waals surface area contributed by atoms with Crippen LogP contribution >= 0.6 is 0 Å². The third-order valence-electron chi connectivity index (χ3n) is 7.01. The Kier molecular flexibility index (Phi) is 11.8. The van der Waals surface area contributed by atoms with Crippen LogP contribution in [-0.2, 0) is 43.3 Å². The monoisotopic (exact) mass is 724 g/mol. The zero-order valence-electron chi connectivity index (χ0n) is 21.2. The number of aryl methyl sites for hydroxylation is 2. The normalized spacial score (nSPS) is 13.8. The number of rotatable bonds is 7. The first kappa shape index (κ1) is 31.0. The van der Waals surface area contributed by atoms with Crippen LogP contribution < -0.4 is 5.73 Å². The van der Waals surface area contributed by atoms with Crippen LogP contribution in [0, 0.1) is 64.3 Å². The summed E-state index contributed by atoms with van der Waals surface area (Å²) in [6.45, 7) is 2.08. The van der Waals surface area contributed by atoms with Crippen molar-refractivity contribution in [2.75, 3.05) is 5.73 Å². The number of nitrogens with zero attached hydrogens (tertiary/aromatic N) is 2. The number of nitrogens with one attached hydrogen (secondary N) is 1. The van der Waals surface area contributed by atoms with E-state index in [0.29, 0.717) is 6.42 Å². The van der Waals surface area contributed by atoms with Gasteiger partial charge >= 0.3 is 5.97 Å². The van der Waals surface area contributed by atoms with Gasteiger partial charge in [-0.25, -0.2) is 0 Å². The SMILES string of the molecule is CCCc1cc([N+](=O)[O-])c([NH-])c2c1CCCC2.Nc1c([N+](=O)[O-])cc(CCC(=O)O)c2c1CCCC2.[Ac]. The minimum absolute atomic E-state index is 0. The summed E-state index contributed by atoms with van der Waals surface area (Å²) in [6, 6.07) is 3.07. The Balaban J connectivity index is 0.000000255. The van der Waals surface area contributed by atoms with Crippen LogP contribution in [-0.4, -0.2) is 20.9 Å². The number of carboxylic acids is 1. The van der Waals surface area contributed by atoms with Crippen molar-refractivity contribution in [3.8, 4) is 0 Å². The molecule has 0 aromatic heterocycles. The predicted molar refractivity (Wildman–Crippen MR) is 138 cm³/mol. The summed E-state index contributed by atoms with van der Waals surface area (Å²) in [5.74, 6) is -0.899. The smallest absolute Gasteiger partial charge is 0.303 e. The minimum Gasteiger partial charge on any atom is -0.693 e. The van der Waals surface area contributed by atoms with Gasteiger partial charge in [0.1, 0.15) is 5.69 Å². The molecule has 197 valence electrons. The van der Waals surface area contributed by atoms with Crippen molar-refractivity contribution in [1.82, 2.24) is 0 Å². The van der Waals surface area contributed by atoms with Crippen LogP contribution in [0.2, 0.25) is 0 Å². The first-order valence-corrected chi connectivity index (χ1v) is 12.5. The zero-order chi connectivity index (χ0) is 26.4. The van der Waals surface area contributed by atoms with Crippen molar-refractivity contribution >= 4 is 28.7 Å². The molecule has 10 nitrogen and oxygen atoms in total. The zero-order valence-corrected chi connectivity index (χ0v) is 25.9. The molecule has 0 unspecified atom stereocenters. The summed E-state index contributed by atoms with van der Waals surface area (Å²) < 4.78 is 0. The number of nitro benzene ring substituents is 2. The summed E-state index contributed by atoms with van der Waals surface area (Å²) in [6.07, 6.45) is 9.71. The number of aliphatic carboxylic acids is 1. The molecule has 2 aromatic carbocycles. The van der Waals surface area contributed by atoms with Crippen molar-refractivity contribution in [2.24, 2.45) is 0 Å². The van der Waals surface area contributed by atoms with E-state index in [1.165, 1.54) is 11.6 Å². The van der Waals surface area contributed by atoms with Crippen LogP contribution in [0.1, 0.15) is 78.8 Å². The fourth-order valence-corrected chi connectivity index (χ4v) is 5.31. The maximum atomic E-state index is 11.0. The van der Waals surface area contributed by atoms with E-state index in [0.717, 1.165) is 92.0 Å². The molecule has 0 saturated heterocycles. The summed E-state index contributed by atoms with van der Waals surface area (Å²) in [4.78, 5) is 31.7. The topological polar surface area (TPSA) is 173 Å². The number of carboxylic acid groups (broad SMARTS) is 1. The fourth-order valence-electron chi connectivity index (χ4n) is 5.31. The second-order valence-corrected chi connectivity index (χ2v) is 9.38. The van der Waals surface area contributed by atoms with Crippen molar-refractivity contribution < 1.29 is 63.8 Å². The molecule has 37 heavy (non-hydrogen) atoms. The van der Waals surface area contributed by atoms with E-state index in [1.807, 2.05) is 0 Å². The standard InChI is InChI=1S/C13H16N2O4.C13H17N2O2.Ac/c14-13-10-4-2-1-3-9(10)8(5-6-12(16)17)7-11(13)15(18)19;1-2-5-9-8-12(15(16)17)13(14)11-7-4-3-6-10(9)11;/h7H,1-6,14H2,(H,16,17);8,14H,2-7H2,1H3;/q;-1;. The molecule has 0 heterocycles. The van der Waals surface area contributed by atoms with E-state index in [-0.39, 0.29) is 73.2 Å². The maximum Gasteiger partial charge on any atom is 0.303 e. The van der Waals surface area contributed by atoms with E-state index in [1.54, 1.807) is 6.07 Å². The van der Waals surface area contributed by atoms with Gasteiger partial charge in [0.25, 0.3) is 11.4 Å². The molecular weight excluding hydrogens is 691 g/mol. The third-order valence-corrected chi connectivity index (χ3v) is 7.01. The van der Waals surface area contributed by atoms with E-state index in [4.69, 9.17) is 16.6 Å². The van der Waals surface area contributed by atoms with Crippen molar-refractivity contribution in [1.29, 1.82) is 0 Å². The van der Waals surface area contributed by atoms with Gasteiger partial charge in [0.05, 0.1) is 9.85 Å². The molecule has 0 fully saturated rings. The Hall–Kier alpha value is -2.25. The number of fused-ring (bicyclic) bond motifs is 2. The van der Waals surface area contributed by atoms with E-state index < -0.39 is 15.8 Å². The van der Waals surface area contributed by atoms with Gasteiger partial charge in [-0.15, -0.1) is 0 Å². The van der Waals surface area contributed by atoms with Crippen LogP contribution in [0.15, 0.2) is 12.1 Å². The predicted octanol–water partition coefficient (Wildman–Crippen LogP) is 6.18. The van der Waals surface area contributed by atoms with Crippen molar-refractivity contribution in [3.05, 3.63) is 71.5 Å². The Bertz CT molecular complexity index is 1180. The Labute approximate surface area is 252 Å². The molecule has 0 atom stereocenters. The molecule has 2 aromatic rings. The quantitative estimate of drug-likeness (QED) is 0.195. The molecule has 1 radical (unpaired) electrons. The molecule has 0 amide bonds. The van der Waals surface area contributed by atoms with E-state index >= 15 is 0 Å². The summed E-state index contributed by atoms with van der Waals surface area (Å²) in [7, 11) is 0. The van der Waals surface area contributed by atoms with Crippen LogP contribution in [0.4, 0.5) is 22.7 Å². The molecule has 0 saturated carbocycles. The van der Waals surface area contributed by atoms with Gasteiger partial charge < -0.3 is 16.6 Å². The van der Waals surface area contributed by atoms with Crippen molar-refractivity contribution in [3.63, 3.8) is 0 Å². The van der Waals surface area contributed by atoms with Gasteiger partial charge in [-0.2, -0.15) is 0 Å². The summed E-state index contributed by atoms with van der Waals surface area (Å²) in [5, 5.41) is 30.7. The maximum absolute atomic E-state index is 11.0. The second kappa shape index (κ2) is 14.1. The number of hydrogen-bond donors (Lipinski definition) is 2. The molecule has 0 bridgehead atoms. The molecule has 11 heteroatoms. The van der Waals surface area contributed by atoms with Gasteiger partial charge in [-0.1, -0.05) is 24.6 Å². The van der Waals surface area contributed by atoms with Crippen LogP contribution in [0.25, 0.3) is 5.73 Å². The summed E-state index contributed by atoms with van der Waals surface area (Å²) >= 11 is 0. The van der Waals surface area contributed by atoms with Crippen LogP contribution in [0.5, 0.6) is 0 Å². The summed E-state index contributed by atoms with van der Waals surface area (Å²) in [5.41, 5.74) is 20.0. The number of carbonyl (C=O) groups is 1. The van der Waals surface area contributed by atoms with E-state index in [2.05, 4.69) is 6.92 Å². The number of nitro groups is 2. The molecule has 4 rings (SSSR count). The van der Waals surface area contributed by atoms with Gasteiger partial charge in [-0.05, 0) is 92.0 Å². The first-order valence-electron chi connectivity index (χ1n) is 12.5. The second-order valence-electron chi connectivity index (χ2n) is 9.38. The van der Waals surface area contributed by atoms with Gasteiger partial charge in [0, 0.05) is 62.6 Å². The van der Waals surface area contributed by atoms with Gasteiger partial charge in [-0.3, -0.25) is 25.0 Å². The average Bonchev–Trinajstić information content (AvgIpc) is 2.85. The Morgan fingerprint density at radius 3 is 1.86 bits per heavy atom. The molecule has 4 N–H and O–H groups in total. The number of nitrogens with two attached hydrogens (primary N) is 1. The number of anilines is 1. The molecule has 2 aliphatic carbocycles. The van der Waals surface area contributed by atoms with Crippen molar-refractivity contribution in [2.45, 2.75) is 84.0 Å². The van der Waals surface area contributed by atoms with Gasteiger partial charge in [0.2, 0.25) is 0 Å². The number of nitrogen functional groups attached to an aromatic ring is 1. The molecule has 0 aliphatic heterocycles. The number of hydrogen-bond acceptors (Lipinski definition) is 6. The molecule has 0 spiro atoms. The Morgan fingerprint density at radius 2 is 1.35 bits per heavy atom. The number of benzene rings is 2. The average molecular weight is 725 g/mol. The van der Waals surface area contributed by atoms with Gasteiger partial charge in [0.15, 0.2) is 0 Å². The molecule has 2 aliphatic rings. The third kappa shape index (κ3) is 7.41. The van der Waals surface area contributed by atoms with Crippen LogP contribution in [0.3, 0.4) is 0 Å². The minimum atomic E-state index is -0.899. The fraction of sp³-hybridized carbons (Fsp3) is 0.500. The first-order chi connectivity index (χ1) is 17.1. The van der Waals surface area contributed by atoms with E-state index in [9.17, 15) is 25.0 Å². The molecular formula is C26H33AcN4O6-. The largest absolute Gasteiger partial charge is 0.693 e. The Morgan fingerprint density at radius 1 is 0.892 bits per heavy atom.